The summed E-state index contributed by atoms with van der Waals surface area (Å²) in [6, 6.07) is 39.6. The van der Waals surface area contributed by atoms with Gasteiger partial charge in [0.15, 0.2) is 11.9 Å². The summed E-state index contributed by atoms with van der Waals surface area (Å²) in [6.07, 6.45) is 7.89. The van der Waals surface area contributed by atoms with Gasteiger partial charge in [0.05, 0.1) is 45.0 Å². The molecule has 0 N–H and O–H groups in total. The van der Waals surface area contributed by atoms with Crippen LogP contribution in [0.2, 0.25) is 0 Å². The Balaban J connectivity index is 0.703. The second-order valence-electron chi connectivity index (χ2n) is 17.5. The van der Waals surface area contributed by atoms with Gasteiger partial charge in [-0.1, -0.05) is 72.8 Å². The van der Waals surface area contributed by atoms with E-state index in [0.29, 0.717) is 41.1 Å². The van der Waals surface area contributed by atoms with Gasteiger partial charge in [0, 0.05) is 41.2 Å². The number of fused-ring (bicyclic) bond motifs is 3. The SMILES string of the molecule is COc1ccc(C(=O)N2CCc3cc(/C=C/c4ccc(C(=O)[C@H]5CO[C@H]6[C@@H]5OC[C@H]6OC(=O)c5ccc(/C=C/c6ccc7c(c6)CCN7C(=O)c6ccc(OC)c(C)c6)cc5)cc4)ccc32)cc1. The number of nitrogens with zero attached hydrogens (tertiary/aromatic N) is 2. The predicted molar refractivity (Wildman–Crippen MR) is 262 cm³/mol. The number of amides is 2. The summed E-state index contributed by atoms with van der Waals surface area (Å²) in [4.78, 5) is 57.3. The van der Waals surface area contributed by atoms with Gasteiger partial charge in [-0.2, -0.15) is 0 Å². The highest BCUT2D eigenvalue weighted by atomic mass is 16.6. The van der Waals surface area contributed by atoms with E-state index >= 15 is 0 Å². The molecule has 2 amide bonds. The number of benzene rings is 6. The first-order chi connectivity index (χ1) is 33.1. The quantitative estimate of drug-likeness (QED) is 0.0672. The van der Waals surface area contributed by atoms with Gasteiger partial charge in [-0.3, -0.25) is 14.4 Å². The first-order valence-corrected chi connectivity index (χ1v) is 22.9. The zero-order valence-electron chi connectivity index (χ0n) is 38.1. The second-order valence-corrected chi connectivity index (χ2v) is 17.5. The maximum absolute atomic E-state index is 13.7. The molecular weight excluding hydrogens is 857 g/mol. The van der Waals surface area contributed by atoms with Crippen molar-refractivity contribution in [1.82, 2.24) is 0 Å². The van der Waals surface area contributed by atoms with Crippen LogP contribution in [-0.4, -0.2) is 82.4 Å². The molecule has 11 nitrogen and oxygen atoms in total. The van der Waals surface area contributed by atoms with E-state index in [9.17, 15) is 19.2 Å². The largest absolute Gasteiger partial charge is 0.497 e. The Bertz CT molecular complexity index is 2980. The van der Waals surface area contributed by atoms with Crippen LogP contribution in [0.3, 0.4) is 0 Å². The van der Waals surface area contributed by atoms with Crippen LogP contribution in [0.25, 0.3) is 24.3 Å². The first-order valence-electron chi connectivity index (χ1n) is 22.9. The van der Waals surface area contributed by atoms with E-state index in [1.165, 1.54) is 0 Å². The van der Waals surface area contributed by atoms with Crippen molar-refractivity contribution >= 4 is 59.2 Å². The number of ether oxygens (including phenoxy) is 5. The highest BCUT2D eigenvalue weighted by molar-refractivity contribution is 6.08. The van der Waals surface area contributed by atoms with Gasteiger partial charge in [0.2, 0.25) is 0 Å². The molecule has 11 heteroatoms. The van der Waals surface area contributed by atoms with Crippen molar-refractivity contribution in [3.8, 4) is 11.5 Å². The number of hydrogen-bond donors (Lipinski definition) is 0. The maximum Gasteiger partial charge on any atom is 0.338 e. The molecule has 68 heavy (non-hydrogen) atoms. The highest BCUT2D eigenvalue weighted by Crippen LogP contribution is 2.36. The van der Waals surface area contributed by atoms with Gasteiger partial charge >= 0.3 is 5.97 Å². The number of methoxy groups -OCH3 is 2. The summed E-state index contributed by atoms with van der Waals surface area (Å²) in [7, 11) is 3.23. The molecule has 2 saturated heterocycles. The van der Waals surface area contributed by atoms with Crippen molar-refractivity contribution in [1.29, 1.82) is 0 Å². The van der Waals surface area contributed by atoms with Crippen molar-refractivity contribution < 1.29 is 42.9 Å². The van der Waals surface area contributed by atoms with Gasteiger partial charge in [-0.25, -0.2) is 4.79 Å². The summed E-state index contributed by atoms with van der Waals surface area (Å²) < 4.78 is 28.6. The fourth-order valence-electron chi connectivity index (χ4n) is 9.61. The van der Waals surface area contributed by atoms with E-state index in [1.807, 2.05) is 114 Å². The number of carbonyl (C=O) groups excluding carboxylic acids is 4. The topological polar surface area (TPSA) is 121 Å². The smallest absolute Gasteiger partial charge is 0.338 e. The second kappa shape index (κ2) is 18.9. The molecule has 4 aliphatic rings. The number of esters is 1. The summed E-state index contributed by atoms with van der Waals surface area (Å²) in [6.45, 7) is 3.50. The molecule has 0 aliphatic carbocycles. The molecule has 6 aromatic carbocycles. The molecular formula is C57H50N2O9. The molecule has 342 valence electrons. The van der Waals surface area contributed by atoms with Crippen LogP contribution >= 0.6 is 0 Å². The Morgan fingerprint density at radius 3 is 1.63 bits per heavy atom. The van der Waals surface area contributed by atoms with Crippen LogP contribution in [0, 0.1) is 12.8 Å². The zero-order chi connectivity index (χ0) is 46.9. The Morgan fingerprint density at radius 1 is 0.544 bits per heavy atom. The van der Waals surface area contributed by atoms with E-state index in [-0.39, 0.29) is 30.8 Å². The van der Waals surface area contributed by atoms with Crippen molar-refractivity contribution in [2.75, 3.05) is 50.3 Å². The van der Waals surface area contributed by atoms with Crippen LogP contribution in [0.4, 0.5) is 11.4 Å². The summed E-state index contributed by atoms with van der Waals surface area (Å²) in [5.74, 6) is 0.322. The zero-order valence-corrected chi connectivity index (χ0v) is 38.1. The molecule has 4 atom stereocenters. The monoisotopic (exact) mass is 906 g/mol. The molecule has 0 saturated carbocycles. The lowest BCUT2D eigenvalue weighted by Gasteiger charge is -2.18. The normalized spacial score (nSPS) is 19.3. The standard InChI is InChI=1S/C57H50N2O9/c1-35-30-45(20-25-50(35)65-3)56(62)59-29-27-44-32-39(13-24-49(44)59)7-5-37-10-16-42(17-11-37)57(63)68-51-34-67-53-47(33-66-54(51)53)52(60)40-14-8-36(9-15-40)4-6-38-12-23-48-43(31-38)26-28-58(48)55(61)41-18-21-46(64-2)22-19-41/h4-25,30-32,47,51,53-54H,26-29,33-34H2,1-3H3/b6-4+,7-5+/t47-,51-,53-,54-/m1/s1. The van der Waals surface area contributed by atoms with Crippen LogP contribution in [-0.2, 0) is 27.1 Å². The van der Waals surface area contributed by atoms with Gasteiger partial charge in [0.1, 0.15) is 17.6 Å². The number of carbonyl (C=O) groups is 4. The molecule has 0 spiro atoms. The third kappa shape index (κ3) is 8.86. The number of rotatable bonds is 12. The Labute approximate surface area is 395 Å². The summed E-state index contributed by atoms with van der Waals surface area (Å²) in [5.41, 5.74) is 11.1. The van der Waals surface area contributed by atoms with E-state index < -0.39 is 30.2 Å². The van der Waals surface area contributed by atoms with Gasteiger partial charge in [0.25, 0.3) is 11.8 Å². The molecule has 4 aliphatic heterocycles. The average molecular weight is 907 g/mol. The van der Waals surface area contributed by atoms with Crippen molar-refractivity contribution in [2.24, 2.45) is 5.92 Å². The number of hydrogen-bond acceptors (Lipinski definition) is 9. The van der Waals surface area contributed by atoms with Crippen molar-refractivity contribution in [3.63, 3.8) is 0 Å². The minimum absolute atomic E-state index is 0.0286. The van der Waals surface area contributed by atoms with Gasteiger partial charge in [-0.15, -0.1) is 0 Å². The van der Waals surface area contributed by atoms with Crippen LogP contribution in [0.1, 0.15) is 80.4 Å². The molecule has 2 fully saturated rings. The number of ketones is 1. The number of anilines is 2. The van der Waals surface area contributed by atoms with Gasteiger partial charge in [-0.05, 0) is 138 Å². The van der Waals surface area contributed by atoms with Crippen LogP contribution < -0.4 is 19.3 Å². The predicted octanol–water partition coefficient (Wildman–Crippen LogP) is 9.58. The average Bonchev–Trinajstić information content (AvgIpc) is 4.19. The lowest BCUT2D eigenvalue weighted by molar-refractivity contribution is -0.0158. The first kappa shape index (κ1) is 44.2. The lowest BCUT2D eigenvalue weighted by Crippen LogP contribution is -2.34. The molecule has 10 rings (SSSR count). The number of aryl methyl sites for hydroxylation is 1. The minimum Gasteiger partial charge on any atom is -0.497 e. The van der Waals surface area contributed by atoms with Gasteiger partial charge < -0.3 is 33.5 Å². The number of Topliss-reactive ketones (excluding diaryl/α,β-unsaturated/α-hetero) is 1. The van der Waals surface area contributed by atoms with E-state index in [1.54, 1.807) is 56.7 Å². The highest BCUT2D eigenvalue weighted by Gasteiger charge is 2.52. The Morgan fingerprint density at radius 2 is 1.06 bits per heavy atom. The molecule has 6 aromatic rings. The van der Waals surface area contributed by atoms with Crippen LogP contribution in [0.15, 0.2) is 127 Å². The van der Waals surface area contributed by atoms with E-state index in [4.69, 9.17) is 23.7 Å². The van der Waals surface area contributed by atoms with Crippen molar-refractivity contribution in [2.45, 2.75) is 38.1 Å². The third-order valence-corrected chi connectivity index (χ3v) is 13.3. The fraction of sp³-hybridized carbons (Fsp3) is 0.228. The van der Waals surface area contributed by atoms with E-state index in [2.05, 4.69) is 12.1 Å². The molecule has 0 aromatic heterocycles. The van der Waals surface area contributed by atoms with E-state index in [0.717, 1.165) is 68.9 Å². The lowest BCUT2D eigenvalue weighted by atomic mass is 9.92. The van der Waals surface area contributed by atoms with Crippen molar-refractivity contribution in [3.05, 3.63) is 189 Å². The fourth-order valence-corrected chi connectivity index (χ4v) is 9.61. The minimum atomic E-state index is -0.639. The maximum atomic E-state index is 13.7. The molecule has 0 radical (unpaired) electrons. The molecule has 4 heterocycles. The molecule has 0 bridgehead atoms. The third-order valence-electron chi connectivity index (χ3n) is 13.3. The summed E-state index contributed by atoms with van der Waals surface area (Å²) in [5, 5.41) is 0. The summed E-state index contributed by atoms with van der Waals surface area (Å²) >= 11 is 0. The molecule has 0 unspecified atom stereocenters. The Kier molecular flexibility index (Phi) is 12.3. The Hall–Kier alpha value is -7.60. The van der Waals surface area contributed by atoms with Crippen LogP contribution in [0.5, 0.6) is 11.5 Å².